The van der Waals surface area contributed by atoms with E-state index in [1.807, 2.05) is 0 Å². The number of aliphatic hydroxyl groups is 1. The number of benzene rings is 1. The zero-order valence-electron chi connectivity index (χ0n) is 10.8. The zero-order chi connectivity index (χ0) is 18.1. The van der Waals surface area contributed by atoms with Crippen molar-refractivity contribution < 1.29 is 40.6 Å². The molecule has 3 nitrogen and oxygen atoms in total. The summed E-state index contributed by atoms with van der Waals surface area (Å²) < 4.78 is 87.5. The summed E-state index contributed by atoms with van der Waals surface area (Å²) in [4.78, 5) is 14.1. The summed E-state index contributed by atoms with van der Waals surface area (Å²) in [6.45, 7) is 6.65. The van der Waals surface area contributed by atoms with Crippen LogP contribution in [0, 0.1) is 6.57 Å². The molecule has 1 N–H and O–H groups in total. The van der Waals surface area contributed by atoms with Gasteiger partial charge in [-0.15, -0.1) is 0 Å². The van der Waals surface area contributed by atoms with Crippen LogP contribution < -0.4 is 0 Å². The van der Waals surface area contributed by atoms with Gasteiger partial charge in [-0.25, -0.2) is 9.24 Å². The summed E-state index contributed by atoms with van der Waals surface area (Å²) in [6.07, 6.45) is -13.6. The van der Waals surface area contributed by atoms with Crippen molar-refractivity contribution in [2.75, 3.05) is 0 Å². The van der Waals surface area contributed by atoms with Crippen molar-refractivity contribution >= 4 is 17.2 Å². The van der Waals surface area contributed by atoms with Crippen molar-refractivity contribution in [2.45, 2.75) is 18.0 Å². The molecule has 0 aliphatic heterocycles. The van der Waals surface area contributed by atoms with Crippen molar-refractivity contribution in [3.63, 3.8) is 0 Å². The second-order valence-electron chi connectivity index (χ2n) is 4.21. The molecule has 10 heteroatoms. The Morgan fingerprint density at radius 1 is 1.00 bits per heavy atom. The lowest BCUT2D eigenvalue weighted by atomic mass is 9.97. The molecule has 0 unspecified atom stereocenters. The van der Waals surface area contributed by atoms with Crippen LogP contribution in [0.25, 0.3) is 10.6 Å². The van der Waals surface area contributed by atoms with E-state index in [1.165, 1.54) is 0 Å². The molecule has 0 radical (unpaired) electrons. The number of allylic oxidation sites excluding steroid dienone is 1. The maximum Gasteiger partial charge on any atom is 0.439 e. The molecule has 0 fully saturated rings. The number of carbonyl (C=O) groups excluding carboxylic acids is 1. The fraction of sp³-hybridized carbons (Fsp3) is 0.231. The molecule has 0 aliphatic carbocycles. The first-order valence-corrected chi connectivity index (χ1v) is 5.60. The molecule has 0 saturated carbocycles. The summed E-state index contributed by atoms with van der Waals surface area (Å²) in [7, 11) is 0. The number of carbonyl (C=O) groups is 1. The van der Waals surface area contributed by atoms with Gasteiger partial charge < -0.3 is 5.11 Å². The number of hydrogen-bond donors (Lipinski definition) is 1. The summed E-state index contributed by atoms with van der Waals surface area (Å²) in [5.41, 5.74) is -6.43. The van der Waals surface area contributed by atoms with E-state index in [1.54, 1.807) is 0 Å². The van der Waals surface area contributed by atoms with Gasteiger partial charge in [-0.1, -0.05) is 24.3 Å². The van der Waals surface area contributed by atoms with E-state index < -0.39 is 35.6 Å². The van der Waals surface area contributed by atoms with Gasteiger partial charge in [0.15, 0.2) is 5.69 Å². The number of alkyl halides is 7. The molecule has 0 atom stereocenters. The molecule has 0 spiro atoms. The number of aliphatic hydroxyl groups excluding tert-OH is 1. The molecule has 0 heterocycles. The molecule has 0 amide bonds. The molecule has 1 aromatic rings. The van der Waals surface area contributed by atoms with E-state index >= 15 is 0 Å². The first-order chi connectivity index (χ1) is 10.3. The minimum atomic E-state index is -6.55. The predicted molar refractivity (Wildman–Crippen MR) is 64.3 cm³/mol. The highest BCUT2D eigenvalue weighted by Gasteiger charge is 2.76. The molecule has 0 aliphatic rings. The number of hydrogen-bond acceptors (Lipinski definition) is 2. The molecule has 0 aromatic heterocycles. The standard InChI is InChI=1S/C13H6F7NO2/c1-21-8-4-2-7(3-5-8)9(22)6-10(23)11(14,12(15,16)17)13(18,19)20/h2-6,22H/b9-6-. The average Bonchev–Trinajstić information content (AvgIpc) is 2.43. The molecule has 0 saturated heterocycles. The van der Waals surface area contributed by atoms with Gasteiger partial charge in [0, 0.05) is 11.6 Å². The molecule has 124 valence electrons. The van der Waals surface area contributed by atoms with Gasteiger partial charge in [-0.05, 0) is 0 Å². The Morgan fingerprint density at radius 3 is 1.78 bits per heavy atom. The normalized spacial score (nSPS) is 13.6. The van der Waals surface area contributed by atoms with Crippen LogP contribution in [0.4, 0.5) is 36.4 Å². The third-order valence-corrected chi connectivity index (χ3v) is 2.68. The van der Waals surface area contributed by atoms with E-state index in [-0.39, 0.29) is 11.3 Å². The van der Waals surface area contributed by atoms with Crippen molar-refractivity contribution in [3.8, 4) is 0 Å². The van der Waals surface area contributed by atoms with Crippen molar-refractivity contribution in [1.29, 1.82) is 0 Å². The van der Waals surface area contributed by atoms with Gasteiger partial charge in [-0.2, -0.15) is 26.3 Å². The van der Waals surface area contributed by atoms with Crippen LogP contribution in [-0.2, 0) is 4.79 Å². The fourth-order valence-electron chi connectivity index (χ4n) is 1.45. The first kappa shape index (κ1) is 18.5. The van der Waals surface area contributed by atoms with Crippen LogP contribution in [0.15, 0.2) is 30.3 Å². The van der Waals surface area contributed by atoms with Crippen LogP contribution in [0.3, 0.4) is 0 Å². The Bertz CT molecular complexity index is 652. The third kappa shape index (κ3) is 3.44. The van der Waals surface area contributed by atoms with E-state index in [0.717, 1.165) is 24.3 Å². The molecule has 23 heavy (non-hydrogen) atoms. The monoisotopic (exact) mass is 341 g/mol. The Hall–Kier alpha value is -2.57. The fourth-order valence-corrected chi connectivity index (χ4v) is 1.45. The van der Waals surface area contributed by atoms with Gasteiger partial charge in [0.25, 0.3) is 0 Å². The maximum atomic E-state index is 13.4. The number of ketones is 1. The zero-order valence-corrected chi connectivity index (χ0v) is 10.8. The predicted octanol–water partition coefficient (Wildman–Crippen LogP) is 4.54. The highest BCUT2D eigenvalue weighted by molar-refractivity contribution is 6.02. The van der Waals surface area contributed by atoms with Crippen molar-refractivity contribution in [2.24, 2.45) is 0 Å². The minimum Gasteiger partial charge on any atom is -0.507 e. The lowest BCUT2D eigenvalue weighted by Crippen LogP contribution is -2.58. The van der Waals surface area contributed by atoms with Gasteiger partial charge in [-0.3, -0.25) is 4.79 Å². The largest absolute Gasteiger partial charge is 0.507 e. The van der Waals surface area contributed by atoms with E-state index in [2.05, 4.69) is 4.85 Å². The maximum absolute atomic E-state index is 13.4. The Labute approximate surface area is 124 Å². The second-order valence-corrected chi connectivity index (χ2v) is 4.21. The molecule has 1 aromatic carbocycles. The molecule has 0 bridgehead atoms. The topological polar surface area (TPSA) is 41.7 Å². The van der Waals surface area contributed by atoms with Crippen LogP contribution in [-0.4, -0.2) is 28.9 Å². The van der Waals surface area contributed by atoms with Gasteiger partial charge in [0.05, 0.1) is 6.57 Å². The van der Waals surface area contributed by atoms with Crippen LogP contribution >= 0.6 is 0 Å². The Balaban J connectivity index is 3.27. The van der Waals surface area contributed by atoms with Gasteiger partial charge in [0.1, 0.15) is 5.76 Å². The first-order valence-electron chi connectivity index (χ1n) is 5.60. The van der Waals surface area contributed by atoms with E-state index in [4.69, 9.17) is 6.57 Å². The van der Waals surface area contributed by atoms with Gasteiger partial charge in [0.2, 0.25) is 5.78 Å². The Morgan fingerprint density at radius 2 is 1.43 bits per heavy atom. The highest BCUT2D eigenvalue weighted by Crippen LogP contribution is 2.47. The van der Waals surface area contributed by atoms with Crippen LogP contribution in [0.2, 0.25) is 0 Å². The quantitative estimate of drug-likeness (QED) is 0.380. The van der Waals surface area contributed by atoms with Crippen molar-refractivity contribution in [3.05, 3.63) is 47.3 Å². The SMILES string of the molecule is [C-]#[N+]c1ccc(/C(O)=C/C(=O)C(F)(C(F)(F)F)C(F)(F)F)cc1. The minimum absolute atomic E-state index is 0.0679. The average molecular weight is 341 g/mol. The third-order valence-electron chi connectivity index (χ3n) is 2.68. The summed E-state index contributed by atoms with van der Waals surface area (Å²) >= 11 is 0. The summed E-state index contributed by atoms with van der Waals surface area (Å²) in [5, 5.41) is 9.41. The van der Waals surface area contributed by atoms with E-state index in [0.29, 0.717) is 0 Å². The van der Waals surface area contributed by atoms with Gasteiger partial charge >= 0.3 is 18.0 Å². The smallest absolute Gasteiger partial charge is 0.439 e. The molecular formula is C13H6F7NO2. The highest BCUT2D eigenvalue weighted by atomic mass is 19.4. The number of nitrogens with zero attached hydrogens (tertiary/aromatic N) is 1. The molecule has 1 rings (SSSR count). The van der Waals surface area contributed by atoms with Crippen molar-refractivity contribution in [1.82, 2.24) is 0 Å². The van der Waals surface area contributed by atoms with Crippen LogP contribution in [0.1, 0.15) is 5.56 Å². The number of rotatable bonds is 3. The van der Waals surface area contributed by atoms with E-state index in [9.17, 15) is 40.6 Å². The molecular weight excluding hydrogens is 335 g/mol. The number of halogens is 7. The lowest BCUT2D eigenvalue weighted by Gasteiger charge is -2.27. The summed E-state index contributed by atoms with van der Waals surface area (Å²) in [6, 6.07) is 4.11. The summed E-state index contributed by atoms with van der Waals surface area (Å²) in [5.74, 6) is -4.31. The Kier molecular flexibility index (Phi) is 4.74. The van der Waals surface area contributed by atoms with Crippen LogP contribution in [0.5, 0.6) is 0 Å². The lowest BCUT2D eigenvalue weighted by molar-refractivity contribution is -0.323. The second kappa shape index (κ2) is 5.91.